The van der Waals surface area contributed by atoms with E-state index in [0.717, 1.165) is 5.92 Å². The minimum Gasteiger partial charge on any atom is -0.316 e. The van der Waals surface area contributed by atoms with Crippen molar-refractivity contribution in [2.24, 2.45) is 0 Å². The van der Waals surface area contributed by atoms with E-state index in [9.17, 15) is 0 Å². The summed E-state index contributed by atoms with van der Waals surface area (Å²) in [6.45, 7) is 0. The molecule has 0 amide bonds. The molecule has 1 heteroatoms. The molecule has 0 bridgehead atoms. The standard InChI is InChI=1S/C14H15N/c1-15-14-9-13(14)12-7-6-10-4-2-3-5-11(10)8-12/h2-8,13-15H,9H2,1H3/t13-,14+/m0/s1. The van der Waals surface area contributed by atoms with Gasteiger partial charge < -0.3 is 5.32 Å². The molecule has 2 atom stereocenters. The van der Waals surface area contributed by atoms with Gasteiger partial charge in [-0.2, -0.15) is 0 Å². The zero-order chi connectivity index (χ0) is 10.3. The Bertz CT molecular complexity index is 489. The van der Waals surface area contributed by atoms with Gasteiger partial charge >= 0.3 is 0 Å². The largest absolute Gasteiger partial charge is 0.316 e. The number of rotatable bonds is 2. The van der Waals surface area contributed by atoms with E-state index in [0.29, 0.717) is 6.04 Å². The Morgan fingerprint density at radius 1 is 1.07 bits per heavy atom. The molecule has 0 radical (unpaired) electrons. The molecule has 2 aromatic carbocycles. The Morgan fingerprint density at radius 2 is 1.87 bits per heavy atom. The van der Waals surface area contributed by atoms with Crippen molar-refractivity contribution in [3.05, 3.63) is 48.0 Å². The maximum absolute atomic E-state index is 3.34. The van der Waals surface area contributed by atoms with Crippen LogP contribution in [-0.4, -0.2) is 13.1 Å². The molecule has 3 rings (SSSR count). The molecule has 1 N–H and O–H groups in total. The summed E-state index contributed by atoms with van der Waals surface area (Å²) in [5.41, 5.74) is 1.48. The third-order valence-corrected chi connectivity index (χ3v) is 3.36. The summed E-state index contributed by atoms with van der Waals surface area (Å²) in [6.07, 6.45) is 1.29. The third-order valence-electron chi connectivity index (χ3n) is 3.36. The van der Waals surface area contributed by atoms with Gasteiger partial charge in [-0.15, -0.1) is 0 Å². The van der Waals surface area contributed by atoms with Crippen molar-refractivity contribution in [1.29, 1.82) is 0 Å². The number of nitrogens with one attached hydrogen (secondary N) is 1. The summed E-state index contributed by atoms with van der Waals surface area (Å²) in [6, 6.07) is 16.1. The average Bonchev–Trinajstić information content (AvgIpc) is 3.08. The van der Waals surface area contributed by atoms with Gasteiger partial charge in [-0.1, -0.05) is 42.5 Å². The zero-order valence-corrected chi connectivity index (χ0v) is 8.90. The van der Waals surface area contributed by atoms with Gasteiger partial charge in [-0.05, 0) is 29.8 Å². The van der Waals surface area contributed by atoms with Gasteiger partial charge in [0.2, 0.25) is 0 Å². The molecule has 1 aliphatic rings. The zero-order valence-electron chi connectivity index (χ0n) is 8.90. The van der Waals surface area contributed by atoms with Crippen LogP contribution in [0, 0.1) is 0 Å². The molecular weight excluding hydrogens is 182 g/mol. The van der Waals surface area contributed by atoms with E-state index in [4.69, 9.17) is 0 Å². The van der Waals surface area contributed by atoms with E-state index in [1.807, 2.05) is 7.05 Å². The lowest BCUT2D eigenvalue weighted by Gasteiger charge is -2.02. The molecule has 2 aromatic rings. The van der Waals surface area contributed by atoms with Crippen molar-refractivity contribution in [2.45, 2.75) is 18.4 Å². The first-order chi connectivity index (χ1) is 7.38. The van der Waals surface area contributed by atoms with Crippen LogP contribution >= 0.6 is 0 Å². The molecule has 0 unspecified atom stereocenters. The Morgan fingerprint density at radius 3 is 2.60 bits per heavy atom. The molecule has 0 aliphatic heterocycles. The van der Waals surface area contributed by atoms with E-state index in [1.54, 1.807) is 0 Å². The molecule has 0 aromatic heterocycles. The van der Waals surface area contributed by atoms with Gasteiger partial charge in [-0.3, -0.25) is 0 Å². The van der Waals surface area contributed by atoms with Crippen LogP contribution in [0.15, 0.2) is 42.5 Å². The molecule has 0 saturated heterocycles. The van der Waals surface area contributed by atoms with Crippen molar-refractivity contribution >= 4 is 10.8 Å². The van der Waals surface area contributed by atoms with E-state index in [1.165, 1.54) is 22.8 Å². The molecular formula is C14H15N. The molecule has 0 spiro atoms. The molecule has 76 valence electrons. The monoisotopic (exact) mass is 197 g/mol. The topological polar surface area (TPSA) is 12.0 Å². The van der Waals surface area contributed by atoms with Crippen molar-refractivity contribution < 1.29 is 0 Å². The Kier molecular flexibility index (Phi) is 2.00. The second kappa shape index (κ2) is 3.35. The molecule has 1 aliphatic carbocycles. The second-order valence-corrected chi connectivity index (χ2v) is 4.34. The van der Waals surface area contributed by atoms with E-state index < -0.39 is 0 Å². The summed E-state index contributed by atoms with van der Waals surface area (Å²) < 4.78 is 0. The summed E-state index contributed by atoms with van der Waals surface area (Å²) in [5.74, 6) is 0.736. The molecule has 1 saturated carbocycles. The average molecular weight is 197 g/mol. The van der Waals surface area contributed by atoms with Crippen LogP contribution in [0.25, 0.3) is 10.8 Å². The van der Waals surface area contributed by atoms with Gasteiger partial charge in [0, 0.05) is 12.0 Å². The molecule has 1 nitrogen and oxygen atoms in total. The maximum Gasteiger partial charge on any atom is 0.0140 e. The molecule has 15 heavy (non-hydrogen) atoms. The van der Waals surface area contributed by atoms with Gasteiger partial charge in [0.05, 0.1) is 0 Å². The minimum atomic E-state index is 0.700. The van der Waals surface area contributed by atoms with E-state index in [2.05, 4.69) is 47.8 Å². The first kappa shape index (κ1) is 8.93. The summed E-state index contributed by atoms with van der Waals surface area (Å²) >= 11 is 0. The molecule has 1 fully saturated rings. The normalized spacial score (nSPS) is 24.3. The number of fused-ring (bicyclic) bond motifs is 1. The summed E-state index contributed by atoms with van der Waals surface area (Å²) in [7, 11) is 2.05. The van der Waals surface area contributed by atoms with Gasteiger partial charge in [0.1, 0.15) is 0 Å². The fraction of sp³-hybridized carbons (Fsp3) is 0.286. The lowest BCUT2D eigenvalue weighted by atomic mass is 10.0. The molecule has 0 heterocycles. The van der Waals surface area contributed by atoms with Crippen LogP contribution < -0.4 is 5.32 Å². The lowest BCUT2D eigenvalue weighted by Crippen LogP contribution is -2.10. The Hall–Kier alpha value is -1.34. The predicted octanol–water partition coefficient (Wildman–Crippen LogP) is 2.92. The lowest BCUT2D eigenvalue weighted by molar-refractivity contribution is 0.784. The van der Waals surface area contributed by atoms with Crippen molar-refractivity contribution in [3.63, 3.8) is 0 Å². The van der Waals surface area contributed by atoms with Crippen molar-refractivity contribution in [1.82, 2.24) is 5.32 Å². The number of likely N-dealkylation sites (N-methyl/N-ethyl adjacent to an activating group) is 1. The summed E-state index contributed by atoms with van der Waals surface area (Å²) in [4.78, 5) is 0. The Labute approximate surface area is 90.1 Å². The predicted molar refractivity (Wildman–Crippen MR) is 64.2 cm³/mol. The van der Waals surface area contributed by atoms with Crippen LogP contribution in [0.3, 0.4) is 0 Å². The smallest absolute Gasteiger partial charge is 0.0140 e. The van der Waals surface area contributed by atoms with Crippen LogP contribution in [0.5, 0.6) is 0 Å². The maximum atomic E-state index is 3.34. The Balaban J connectivity index is 2.00. The number of benzene rings is 2. The van der Waals surface area contributed by atoms with Crippen molar-refractivity contribution in [2.75, 3.05) is 7.05 Å². The van der Waals surface area contributed by atoms with Crippen LogP contribution in [0.4, 0.5) is 0 Å². The van der Waals surface area contributed by atoms with Crippen LogP contribution in [0.1, 0.15) is 17.9 Å². The highest BCUT2D eigenvalue weighted by Crippen LogP contribution is 2.41. The fourth-order valence-electron chi connectivity index (χ4n) is 2.32. The highest BCUT2D eigenvalue weighted by Gasteiger charge is 2.36. The first-order valence-electron chi connectivity index (χ1n) is 5.54. The van der Waals surface area contributed by atoms with Gasteiger partial charge in [0.15, 0.2) is 0 Å². The van der Waals surface area contributed by atoms with Gasteiger partial charge in [0.25, 0.3) is 0 Å². The minimum absolute atomic E-state index is 0.700. The van der Waals surface area contributed by atoms with Crippen LogP contribution in [0.2, 0.25) is 0 Å². The quantitative estimate of drug-likeness (QED) is 0.780. The number of hydrogen-bond acceptors (Lipinski definition) is 1. The van der Waals surface area contributed by atoms with E-state index >= 15 is 0 Å². The fourth-order valence-corrected chi connectivity index (χ4v) is 2.32. The highest BCUT2D eigenvalue weighted by molar-refractivity contribution is 5.83. The highest BCUT2D eigenvalue weighted by atomic mass is 14.9. The van der Waals surface area contributed by atoms with Gasteiger partial charge in [-0.25, -0.2) is 0 Å². The SMILES string of the molecule is CN[C@@H]1C[C@H]1c1ccc2ccccc2c1. The van der Waals surface area contributed by atoms with Crippen LogP contribution in [-0.2, 0) is 0 Å². The van der Waals surface area contributed by atoms with E-state index in [-0.39, 0.29) is 0 Å². The second-order valence-electron chi connectivity index (χ2n) is 4.34. The first-order valence-corrected chi connectivity index (χ1v) is 5.54. The summed E-state index contributed by atoms with van der Waals surface area (Å²) in [5, 5.41) is 6.03. The van der Waals surface area contributed by atoms with Crippen molar-refractivity contribution in [3.8, 4) is 0 Å². The third kappa shape index (κ3) is 1.53. The number of hydrogen-bond donors (Lipinski definition) is 1.